The average molecular weight is 705 g/mol. The van der Waals surface area contributed by atoms with Gasteiger partial charge in [0.25, 0.3) is 0 Å². The lowest BCUT2D eigenvalue weighted by Gasteiger charge is -2.49. The van der Waals surface area contributed by atoms with Crippen molar-refractivity contribution >= 4 is 40.9 Å². The number of nitrogens with zero attached hydrogens (tertiary/aromatic N) is 2. The van der Waals surface area contributed by atoms with Crippen LogP contribution in [0.25, 0.3) is 0 Å². The highest BCUT2D eigenvalue weighted by atomic mass is 35.5. The predicted octanol–water partition coefficient (Wildman–Crippen LogP) is 7.19. The van der Waals surface area contributed by atoms with Gasteiger partial charge in [0, 0.05) is 17.5 Å². The molecule has 0 aromatic heterocycles. The van der Waals surface area contributed by atoms with Crippen molar-refractivity contribution in [2.24, 2.45) is 29.1 Å². The highest BCUT2D eigenvalue weighted by molar-refractivity contribution is 6.31. The molecular formula is C41H34ClFN2O6. The molecule has 4 amide bonds. The first-order valence-corrected chi connectivity index (χ1v) is 17.4. The van der Waals surface area contributed by atoms with E-state index in [4.69, 9.17) is 16.3 Å². The molecule has 1 saturated carbocycles. The van der Waals surface area contributed by atoms with Crippen molar-refractivity contribution in [2.45, 2.75) is 38.8 Å². The Balaban J connectivity index is 1.20. The second-order valence-electron chi connectivity index (χ2n) is 14.0. The Bertz CT molecular complexity index is 2120. The Morgan fingerprint density at radius 3 is 2.25 bits per heavy atom. The van der Waals surface area contributed by atoms with Crippen LogP contribution in [0.4, 0.5) is 10.1 Å². The Labute approximate surface area is 299 Å². The minimum atomic E-state index is -1.40. The first-order chi connectivity index (χ1) is 24.6. The number of halogens is 2. The van der Waals surface area contributed by atoms with Gasteiger partial charge in [0.1, 0.15) is 23.9 Å². The molecule has 3 fully saturated rings. The molecule has 2 heterocycles. The number of anilines is 1. The normalized spacial score (nSPS) is 26.9. The van der Waals surface area contributed by atoms with Crippen LogP contribution in [0.3, 0.4) is 0 Å². The van der Waals surface area contributed by atoms with Crippen molar-refractivity contribution in [2.75, 3.05) is 4.90 Å². The van der Waals surface area contributed by atoms with Crippen LogP contribution < -0.4 is 9.64 Å². The predicted molar refractivity (Wildman–Crippen MR) is 187 cm³/mol. The standard InChI is InChI=1S/C41H34ClFN2O6/c1-41-31(38(48)45(40(41)50)25-12-17-33(43)32(42)18-25)20-30-27(15-16-29-35(30)39(49)44(37(29)47)21-23-8-4-2-5-9-23)36(41)28-14-13-26(19-34(28)46)51-22-24-10-6-3-7-11-24/h2-15,17-19,29-31,35-36,46H,16,20-22H2,1H3. The van der Waals surface area contributed by atoms with E-state index in [1.54, 1.807) is 19.1 Å². The number of amides is 4. The van der Waals surface area contributed by atoms with Crippen LogP contribution in [-0.4, -0.2) is 33.6 Å². The van der Waals surface area contributed by atoms with Gasteiger partial charge in [-0.1, -0.05) is 90.0 Å². The summed E-state index contributed by atoms with van der Waals surface area (Å²) in [7, 11) is 0. The average Bonchev–Trinajstić information content (AvgIpc) is 3.49. The van der Waals surface area contributed by atoms with E-state index >= 15 is 0 Å². The van der Waals surface area contributed by atoms with Crippen LogP contribution in [0.15, 0.2) is 109 Å². The molecule has 8 rings (SSSR count). The van der Waals surface area contributed by atoms with Crippen LogP contribution in [0.2, 0.25) is 5.02 Å². The van der Waals surface area contributed by atoms with E-state index < -0.39 is 52.6 Å². The summed E-state index contributed by atoms with van der Waals surface area (Å²) in [6, 6.07) is 27.5. The zero-order chi connectivity index (χ0) is 35.6. The fourth-order valence-corrected chi connectivity index (χ4v) is 8.99. The zero-order valence-corrected chi connectivity index (χ0v) is 28.4. The number of allylic oxidation sites excluding steroid dienone is 2. The molecule has 6 atom stereocenters. The van der Waals surface area contributed by atoms with Gasteiger partial charge in [0.15, 0.2) is 0 Å². The molecule has 1 N–H and O–H groups in total. The van der Waals surface area contributed by atoms with Gasteiger partial charge in [0.2, 0.25) is 23.6 Å². The summed E-state index contributed by atoms with van der Waals surface area (Å²) in [6.45, 7) is 2.14. The third kappa shape index (κ3) is 5.25. The van der Waals surface area contributed by atoms with Gasteiger partial charge in [-0.25, -0.2) is 9.29 Å². The van der Waals surface area contributed by atoms with Gasteiger partial charge in [-0.3, -0.25) is 24.1 Å². The van der Waals surface area contributed by atoms with Gasteiger partial charge < -0.3 is 9.84 Å². The number of fused-ring (bicyclic) bond motifs is 4. The van der Waals surface area contributed by atoms with E-state index in [9.17, 15) is 28.7 Å². The van der Waals surface area contributed by atoms with Gasteiger partial charge in [-0.2, -0.15) is 0 Å². The molecule has 10 heteroatoms. The van der Waals surface area contributed by atoms with Crippen LogP contribution in [-0.2, 0) is 32.3 Å². The number of carbonyl (C=O) groups excluding carboxylic acids is 4. The highest BCUT2D eigenvalue weighted by Gasteiger charge is 2.68. The molecular weight excluding hydrogens is 671 g/mol. The second kappa shape index (κ2) is 12.5. The van der Waals surface area contributed by atoms with E-state index in [2.05, 4.69) is 0 Å². The molecule has 2 aliphatic heterocycles. The lowest BCUT2D eigenvalue weighted by atomic mass is 9.51. The summed E-state index contributed by atoms with van der Waals surface area (Å²) in [6.07, 6.45) is 2.36. The SMILES string of the molecule is CC12C(=O)N(c3ccc(F)c(Cl)c3)C(=O)C1CC1C(=CCC3C(=O)N(Cc4ccccc4)C(=O)C31)C2c1ccc(OCc2ccccc2)cc1O. The molecule has 8 nitrogen and oxygen atoms in total. The van der Waals surface area contributed by atoms with Crippen molar-refractivity contribution in [3.63, 3.8) is 0 Å². The summed E-state index contributed by atoms with van der Waals surface area (Å²) in [5.74, 6) is -5.62. The lowest BCUT2D eigenvalue weighted by Crippen LogP contribution is -2.48. The lowest BCUT2D eigenvalue weighted by molar-refractivity contribution is -0.141. The molecule has 4 aromatic carbocycles. The maximum atomic E-state index is 14.7. The summed E-state index contributed by atoms with van der Waals surface area (Å²) in [5.41, 5.74) is 1.65. The fourth-order valence-electron chi connectivity index (χ4n) is 8.81. The second-order valence-corrected chi connectivity index (χ2v) is 14.4. The quantitative estimate of drug-likeness (QED) is 0.161. The van der Waals surface area contributed by atoms with Crippen molar-refractivity contribution in [1.82, 2.24) is 4.90 Å². The molecule has 258 valence electrons. The van der Waals surface area contributed by atoms with Crippen LogP contribution >= 0.6 is 11.6 Å². The van der Waals surface area contributed by atoms with Gasteiger partial charge in [-0.05, 0) is 61.1 Å². The first kappa shape index (κ1) is 32.9. The van der Waals surface area contributed by atoms with Crippen LogP contribution in [0, 0.1) is 34.9 Å². The molecule has 0 bridgehead atoms. The number of benzene rings is 4. The van der Waals surface area contributed by atoms with E-state index in [1.165, 1.54) is 23.1 Å². The number of likely N-dealkylation sites (tertiary alicyclic amines) is 1. The fraction of sp³-hybridized carbons (Fsp3) is 0.268. The van der Waals surface area contributed by atoms with E-state index in [0.29, 0.717) is 11.3 Å². The third-order valence-corrected chi connectivity index (χ3v) is 11.6. The van der Waals surface area contributed by atoms with Crippen molar-refractivity contribution < 1.29 is 33.4 Å². The van der Waals surface area contributed by atoms with Crippen molar-refractivity contribution in [3.05, 3.63) is 136 Å². The molecule has 6 unspecified atom stereocenters. The molecule has 2 aliphatic carbocycles. The van der Waals surface area contributed by atoms with Gasteiger partial charge in [0.05, 0.1) is 40.4 Å². The number of ether oxygens (including phenoxy) is 1. The minimum absolute atomic E-state index is 0.128. The minimum Gasteiger partial charge on any atom is -0.508 e. The summed E-state index contributed by atoms with van der Waals surface area (Å²) in [5, 5.41) is 11.4. The van der Waals surface area contributed by atoms with Gasteiger partial charge >= 0.3 is 0 Å². The largest absolute Gasteiger partial charge is 0.508 e. The van der Waals surface area contributed by atoms with Crippen molar-refractivity contribution in [3.8, 4) is 11.5 Å². The first-order valence-electron chi connectivity index (χ1n) is 17.0. The molecule has 4 aliphatic rings. The number of imide groups is 2. The molecule has 0 spiro atoms. The summed E-state index contributed by atoms with van der Waals surface area (Å²) >= 11 is 6.11. The number of phenolic OH excluding ortho intramolecular Hbond substituents is 1. The monoisotopic (exact) mass is 704 g/mol. The Morgan fingerprint density at radius 1 is 0.863 bits per heavy atom. The number of carbonyl (C=O) groups is 4. The van der Waals surface area contributed by atoms with E-state index in [0.717, 1.165) is 27.7 Å². The van der Waals surface area contributed by atoms with E-state index in [-0.39, 0.29) is 54.3 Å². The maximum absolute atomic E-state index is 14.7. The Hall–Kier alpha value is -5.28. The maximum Gasteiger partial charge on any atom is 0.241 e. The molecule has 2 saturated heterocycles. The number of rotatable bonds is 7. The number of phenols is 1. The van der Waals surface area contributed by atoms with Crippen LogP contribution in [0.1, 0.15) is 42.4 Å². The Kier molecular flexibility index (Phi) is 8.06. The number of hydrogen-bond acceptors (Lipinski definition) is 6. The highest BCUT2D eigenvalue weighted by Crippen LogP contribution is 2.64. The van der Waals surface area contributed by atoms with Gasteiger partial charge in [-0.15, -0.1) is 0 Å². The molecule has 51 heavy (non-hydrogen) atoms. The topological polar surface area (TPSA) is 104 Å². The molecule has 0 radical (unpaired) electrons. The van der Waals surface area contributed by atoms with E-state index in [1.807, 2.05) is 66.7 Å². The zero-order valence-electron chi connectivity index (χ0n) is 27.7. The van der Waals surface area contributed by atoms with Crippen molar-refractivity contribution in [1.29, 1.82) is 0 Å². The van der Waals surface area contributed by atoms with Crippen LogP contribution in [0.5, 0.6) is 11.5 Å². The third-order valence-electron chi connectivity index (χ3n) is 11.3. The smallest absolute Gasteiger partial charge is 0.241 e. The number of aromatic hydroxyl groups is 1. The number of hydrogen-bond donors (Lipinski definition) is 1. The summed E-state index contributed by atoms with van der Waals surface area (Å²) < 4.78 is 20.2. The Morgan fingerprint density at radius 2 is 1.57 bits per heavy atom. The summed E-state index contributed by atoms with van der Waals surface area (Å²) in [4.78, 5) is 59.5. The molecule has 4 aromatic rings.